The minimum atomic E-state index is -0.706. The summed E-state index contributed by atoms with van der Waals surface area (Å²) in [4.78, 5) is 63.7. The van der Waals surface area contributed by atoms with Gasteiger partial charge in [-0.15, -0.1) is 0 Å². The average molecular weight is 444 g/mol. The van der Waals surface area contributed by atoms with Crippen molar-refractivity contribution in [2.75, 3.05) is 0 Å². The summed E-state index contributed by atoms with van der Waals surface area (Å²) in [5.74, 6) is -3.09. The normalized spacial score (nSPS) is 11.5. The van der Waals surface area contributed by atoms with Crippen LogP contribution in [0.15, 0.2) is 97.1 Å². The van der Waals surface area contributed by atoms with Gasteiger partial charge in [0, 0.05) is 33.4 Å². The van der Waals surface area contributed by atoms with Gasteiger partial charge in [0.2, 0.25) is 23.1 Å². The predicted molar refractivity (Wildman–Crippen MR) is 126 cm³/mol. The van der Waals surface area contributed by atoms with E-state index in [0.717, 1.165) is 0 Å². The summed E-state index contributed by atoms with van der Waals surface area (Å²) in [6.07, 6.45) is 0. The Morgan fingerprint density at radius 2 is 0.735 bits per heavy atom. The van der Waals surface area contributed by atoms with Gasteiger partial charge >= 0.3 is 0 Å². The van der Waals surface area contributed by atoms with Gasteiger partial charge in [-0.3, -0.25) is 24.0 Å². The van der Waals surface area contributed by atoms with E-state index in [9.17, 15) is 24.0 Å². The summed E-state index contributed by atoms with van der Waals surface area (Å²) in [6, 6.07) is 25.5. The largest absolute Gasteiger partial charge is 0.289 e. The average Bonchev–Trinajstić information content (AvgIpc) is 3.18. The van der Waals surface area contributed by atoms with Crippen molar-refractivity contribution in [1.82, 2.24) is 0 Å². The molecule has 5 nitrogen and oxygen atoms in total. The van der Waals surface area contributed by atoms with E-state index < -0.39 is 23.1 Å². The van der Waals surface area contributed by atoms with E-state index >= 15 is 0 Å². The SMILES string of the molecule is O=C(C(=O)c1ccc2c(c1)C(=O)c1cc(C(=O)C(=O)c3ccccc3)ccc1-2)c1ccccc1. The van der Waals surface area contributed by atoms with E-state index in [1.54, 1.807) is 72.8 Å². The van der Waals surface area contributed by atoms with Crippen LogP contribution < -0.4 is 0 Å². The number of fused-ring (bicyclic) bond motifs is 3. The molecular weight excluding hydrogens is 428 g/mol. The molecule has 0 amide bonds. The summed E-state index contributed by atoms with van der Waals surface area (Å²) in [5, 5.41) is 0. The maximum atomic E-state index is 13.1. The quantitative estimate of drug-likeness (QED) is 0.271. The fraction of sp³-hybridized carbons (Fsp3) is 0. The molecule has 0 fully saturated rings. The van der Waals surface area contributed by atoms with Crippen molar-refractivity contribution >= 4 is 28.9 Å². The molecule has 0 N–H and O–H groups in total. The fourth-order valence-corrected chi connectivity index (χ4v) is 4.06. The van der Waals surface area contributed by atoms with Crippen LogP contribution in [0, 0.1) is 0 Å². The van der Waals surface area contributed by atoms with E-state index in [1.807, 2.05) is 0 Å². The number of hydrogen-bond donors (Lipinski definition) is 0. The molecule has 0 heterocycles. The summed E-state index contributed by atoms with van der Waals surface area (Å²) in [5.41, 5.74) is 2.55. The van der Waals surface area contributed by atoms with Crippen molar-refractivity contribution in [2.45, 2.75) is 0 Å². The number of carbonyl (C=O) groups excluding carboxylic acids is 5. The lowest BCUT2D eigenvalue weighted by atomic mass is 9.96. The molecule has 0 spiro atoms. The maximum absolute atomic E-state index is 13.1. The zero-order chi connectivity index (χ0) is 23.8. The summed E-state index contributed by atoms with van der Waals surface area (Å²) < 4.78 is 0. The third kappa shape index (κ3) is 3.49. The monoisotopic (exact) mass is 444 g/mol. The highest BCUT2D eigenvalue weighted by Gasteiger charge is 2.30. The van der Waals surface area contributed by atoms with Crippen LogP contribution in [0.2, 0.25) is 0 Å². The smallest absolute Gasteiger partial charge is 0.233 e. The first kappa shape index (κ1) is 21.1. The molecule has 0 bridgehead atoms. The molecule has 0 saturated heterocycles. The Labute approximate surface area is 194 Å². The Morgan fingerprint density at radius 1 is 0.382 bits per heavy atom. The Balaban J connectivity index is 1.45. The Kier molecular flexibility index (Phi) is 5.15. The lowest BCUT2D eigenvalue weighted by Crippen LogP contribution is -2.15. The van der Waals surface area contributed by atoms with E-state index in [0.29, 0.717) is 11.1 Å². The van der Waals surface area contributed by atoms with E-state index in [4.69, 9.17) is 0 Å². The summed E-state index contributed by atoms with van der Waals surface area (Å²) in [6.45, 7) is 0. The highest BCUT2D eigenvalue weighted by atomic mass is 16.2. The molecule has 0 unspecified atom stereocenters. The first-order valence-electron chi connectivity index (χ1n) is 10.6. The van der Waals surface area contributed by atoms with Gasteiger partial charge in [0.05, 0.1) is 0 Å². The third-order valence-electron chi connectivity index (χ3n) is 5.83. The minimum absolute atomic E-state index is 0.115. The molecule has 162 valence electrons. The van der Waals surface area contributed by atoms with Crippen LogP contribution >= 0.6 is 0 Å². The van der Waals surface area contributed by atoms with Gasteiger partial charge in [-0.1, -0.05) is 84.9 Å². The van der Waals surface area contributed by atoms with Crippen molar-refractivity contribution < 1.29 is 24.0 Å². The number of carbonyl (C=O) groups is 5. The van der Waals surface area contributed by atoms with Gasteiger partial charge < -0.3 is 0 Å². The number of hydrogen-bond acceptors (Lipinski definition) is 5. The zero-order valence-electron chi connectivity index (χ0n) is 17.8. The molecule has 0 aromatic heterocycles. The lowest BCUT2D eigenvalue weighted by molar-refractivity contribution is 0.0816. The van der Waals surface area contributed by atoms with Crippen molar-refractivity contribution in [3.8, 4) is 11.1 Å². The van der Waals surface area contributed by atoms with E-state index in [2.05, 4.69) is 0 Å². The molecule has 34 heavy (non-hydrogen) atoms. The lowest BCUT2D eigenvalue weighted by Gasteiger charge is -2.05. The zero-order valence-corrected chi connectivity index (χ0v) is 17.8. The van der Waals surface area contributed by atoms with Crippen molar-refractivity contribution in [3.05, 3.63) is 130 Å². The summed E-state index contributed by atoms with van der Waals surface area (Å²) in [7, 11) is 0. The highest BCUT2D eigenvalue weighted by molar-refractivity contribution is 6.50. The molecule has 4 aromatic carbocycles. The van der Waals surface area contributed by atoms with Crippen LogP contribution in [0.5, 0.6) is 0 Å². The van der Waals surface area contributed by atoms with Gasteiger partial charge in [0.1, 0.15) is 0 Å². The molecule has 0 atom stereocenters. The second-order valence-electron chi connectivity index (χ2n) is 7.90. The van der Waals surface area contributed by atoms with E-state index in [1.165, 1.54) is 24.3 Å². The van der Waals surface area contributed by atoms with Gasteiger partial charge in [0.15, 0.2) is 5.78 Å². The standard InChI is InChI=1S/C29H16O5/c30-25(17-7-3-1-4-8-17)27(32)19-11-13-21-22-14-12-20(16-24(22)29(34)23(21)15-19)28(33)26(31)18-9-5-2-6-10-18/h1-16H. The second kappa shape index (κ2) is 8.30. The third-order valence-corrected chi connectivity index (χ3v) is 5.83. The van der Waals surface area contributed by atoms with Gasteiger partial charge in [-0.05, 0) is 23.3 Å². The number of rotatable bonds is 6. The van der Waals surface area contributed by atoms with Crippen LogP contribution in [0.25, 0.3) is 11.1 Å². The molecule has 1 aliphatic rings. The predicted octanol–water partition coefficient (Wildman–Crippen LogP) is 5.03. The molecule has 5 heteroatoms. The minimum Gasteiger partial charge on any atom is -0.289 e. The van der Waals surface area contributed by atoms with Gasteiger partial charge in [0.25, 0.3) is 0 Å². The molecule has 4 aromatic rings. The van der Waals surface area contributed by atoms with Crippen molar-refractivity contribution in [1.29, 1.82) is 0 Å². The summed E-state index contributed by atoms with van der Waals surface area (Å²) >= 11 is 0. The number of Topliss-reactive ketones (excluding diaryl/α,β-unsaturated/α-hetero) is 4. The van der Waals surface area contributed by atoms with E-state index in [-0.39, 0.29) is 39.2 Å². The van der Waals surface area contributed by atoms with Gasteiger partial charge in [-0.2, -0.15) is 0 Å². The topological polar surface area (TPSA) is 85.3 Å². The molecular formula is C29H16O5. The Hall–Kier alpha value is -4.77. The molecule has 0 saturated carbocycles. The van der Waals surface area contributed by atoms with Crippen molar-refractivity contribution in [2.24, 2.45) is 0 Å². The Morgan fingerprint density at radius 3 is 1.12 bits per heavy atom. The number of ketones is 5. The first-order chi connectivity index (χ1) is 16.5. The highest BCUT2D eigenvalue weighted by Crippen LogP contribution is 2.37. The molecule has 5 rings (SSSR count). The van der Waals surface area contributed by atoms with Crippen LogP contribution in [0.3, 0.4) is 0 Å². The first-order valence-corrected chi connectivity index (χ1v) is 10.6. The number of benzene rings is 4. The van der Waals surface area contributed by atoms with Crippen LogP contribution in [0.4, 0.5) is 0 Å². The van der Waals surface area contributed by atoms with Crippen LogP contribution in [0.1, 0.15) is 57.4 Å². The molecule has 0 radical (unpaired) electrons. The molecule has 0 aliphatic heterocycles. The van der Waals surface area contributed by atoms with Gasteiger partial charge in [-0.25, -0.2) is 0 Å². The Bertz CT molecular complexity index is 1400. The van der Waals surface area contributed by atoms with Crippen molar-refractivity contribution in [3.63, 3.8) is 0 Å². The fourth-order valence-electron chi connectivity index (χ4n) is 4.06. The molecule has 1 aliphatic carbocycles. The maximum Gasteiger partial charge on any atom is 0.233 e. The van der Waals surface area contributed by atoms with Crippen LogP contribution in [-0.2, 0) is 0 Å². The second-order valence-corrected chi connectivity index (χ2v) is 7.90. The van der Waals surface area contributed by atoms with Crippen LogP contribution in [-0.4, -0.2) is 28.9 Å².